The number of nitrogens with zero attached hydrogens (tertiary/aromatic N) is 1. The number of halogens is 3. The molecule has 2 amide bonds. The Kier molecular flexibility index (Phi) is 5.95. The Morgan fingerprint density at radius 3 is 2.34 bits per heavy atom. The van der Waals surface area contributed by atoms with Crippen molar-refractivity contribution in [2.24, 2.45) is 0 Å². The molecule has 0 aliphatic carbocycles. The minimum atomic E-state index is -4.74. The molecule has 0 atom stereocenters. The van der Waals surface area contributed by atoms with Crippen LogP contribution in [-0.2, 0) is 16.0 Å². The summed E-state index contributed by atoms with van der Waals surface area (Å²) >= 11 is 0. The largest absolute Gasteiger partial charge is 0.573 e. The lowest BCUT2D eigenvalue weighted by molar-refractivity contribution is -0.274. The molecule has 2 N–H and O–H groups in total. The molecule has 0 saturated carbocycles. The van der Waals surface area contributed by atoms with Crippen LogP contribution in [0.2, 0.25) is 0 Å². The molecule has 1 aliphatic rings. The predicted octanol–water partition coefficient (Wildman–Crippen LogP) is 3.93. The van der Waals surface area contributed by atoms with Crippen molar-refractivity contribution in [1.82, 2.24) is 0 Å². The van der Waals surface area contributed by atoms with E-state index in [9.17, 15) is 22.8 Å². The number of carbonyl (C=O) groups is 2. The van der Waals surface area contributed by atoms with Gasteiger partial charge in [0.15, 0.2) is 0 Å². The van der Waals surface area contributed by atoms with Gasteiger partial charge in [-0.2, -0.15) is 0 Å². The molecule has 154 valence electrons. The van der Waals surface area contributed by atoms with Gasteiger partial charge in [-0.15, -0.1) is 13.2 Å². The molecule has 29 heavy (non-hydrogen) atoms. The highest BCUT2D eigenvalue weighted by molar-refractivity contribution is 5.95. The second-order valence-electron chi connectivity index (χ2n) is 6.67. The molecular formula is C20H20F3N3O3. The van der Waals surface area contributed by atoms with Crippen molar-refractivity contribution in [3.8, 4) is 5.75 Å². The van der Waals surface area contributed by atoms with E-state index in [1.807, 2.05) is 4.90 Å². The van der Waals surface area contributed by atoms with Crippen LogP contribution in [0, 0.1) is 0 Å². The number of anilines is 3. The third-order valence-corrected chi connectivity index (χ3v) is 4.32. The van der Waals surface area contributed by atoms with E-state index < -0.39 is 6.36 Å². The maximum absolute atomic E-state index is 12.4. The molecule has 0 spiro atoms. The molecule has 6 nitrogen and oxygen atoms in total. The van der Waals surface area contributed by atoms with E-state index in [0.29, 0.717) is 29.9 Å². The molecule has 0 radical (unpaired) electrons. The minimum Gasteiger partial charge on any atom is -0.406 e. The van der Waals surface area contributed by atoms with Gasteiger partial charge in [0.2, 0.25) is 11.8 Å². The van der Waals surface area contributed by atoms with Crippen LogP contribution in [0.15, 0.2) is 42.5 Å². The summed E-state index contributed by atoms with van der Waals surface area (Å²) in [5.74, 6) is -0.697. The maximum atomic E-state index is 12.4. The van der Waals surface area contributed by atoms with Gasteiger partial charge in [-0.05, 0) is 60.9 Å². The number of amides is 2. The molecule has 1 aliphatic heterocycles. The van der Waals surface area contributed by atoms with Gasteiger partial charge >= 0.3 is 6.36 Å². The lowest BCUT2D eigenvalue weighted by atomic mass is 10.0. The number of hydrogen-bond donors (Lipinski definition) is 2. The molecule has 1 heterocycles. The number of hydrogen-bond acceptors (Lipinski definition) is 4. The minimum absolute atomic E-state index is 0.0694. The van der Waals surface area contributed by atoms with E-state index in [2.05, 4.69) is 15.4 Å². The summed E-state index contributed by atoms with van der Waals surface area (Å²) < 4.78 is 41.2. The van der Waals surface area contributed by atoms with Gasteiger partial charge in [0.25, 0.3) is 0 Å². The van der Waals surface area contributed by atoms with E-state index in [0.717, 1.165) is 12.1 Å². The fourth-order valence-electron chi connectivity index (χ4n) is 3.23. The van der Waals surface area contributed by atoms with Gasteiger partial charge < -0.3 is 20.3 Å². The number of fused-ring (bicyclic) bond motifs is 1. The van der Waals surface area contributed by atoms with Crippen molar-refractivity contribution in [1.29, 1.82) is 0 Å². The van der Waals surface area contributed by atoms with Crippen LogP contribution >= 0.6 is 0 Å². The molecule has 3 rings (SSSR count). The number of ether oxygens (including phenoxy) is 1. The highest BCUT2D eigenvalue weighted by Gasteiger charge is 2.31. The van der Waals surface area contributed by atoms with Crippen molar-refractivity contribution in [2.75, 3.05) is 28.6 Å². The number of alkyl halides is 3. The van der Waals surface area contributed by atoms with Crippen molar-refractivity contribution in [3.63, 3.8) is 0 Å². The van der Waals surface area contributed by atoms with Crippen LogP contribution < -0.4 is 20.3 Å². The SMILES string of the molecule is CC(=O)Nc1ccc(NC(=O)CN2CCCc3cc(OC(F)(F)F)ccc32)cc1. The number of benzene rings is 2. The Morgan fingerprint density at radius 1 is 1.07 bits per heavy atom. The molecule has 0 bridgehead atoms. The Bertz CT molecular complexity index is 898. The molecule has 0 aromatic heterocycles. The first-order valence-electron chi connectivity index (χ1n) is 9.01. The second-order valence-corrected chi connectivity index (χ2v) is 6.67. The second kappa shape index (κ2) is 8.42. The van der Waals surface area contributed by atoms with Crippen molar-refractivity contribution in [2.45, 2.75) is 26.1 Å². The fraction of sp³-hybridized carbons (Fsp3) is 0.300. The van der Waals surface area contributed by atoms with Crippen molar-refractivity contribution < 1.29 is 27.5 Å². The van der Waals surface area contributed by atoms with Crippen molar-refractivity contribution in [3.05, 3.63) is 48.0 Å². The quantitative estimate of drug-likeness (QED) is 0.788. The first kappa shape index (κ1) is 20.5. The summed E-state index contributed by atoms with van der Waals surface area (Å²) in [5, 5.41) is 5.42. The predicted molar refractivity (Wildman–Crippen MR) is 103 cm³/mol. The number of rotatable bonds is 5. The Morgan fingerprint density at radius 2 is 1.72 bits per heavy atom. The number of aryl methyl sites for hydroxylation is 1. The zero-order chi connectivity index (χ0) is 21.0. The van der Waals surface area contributed by atoms with Gasteiger partial charge in [-0.3, -0.25) is 9.59 Å². The standard InChI is InChI=1S/C20H20F3N3O3/c1-13(27)24-15-4-6-16(7-5-15)25-19(28)12-26-10-2-3-14-11-17(8-9-18(14)26)29-20(21,22)23/h4-9,11H,2-3,10,12H2,1H3,(H,24,27)(H,25,28). The van der Waals surface area contributed by atoms with Crippen LogP contribution in [0.25, 0.3) is 0 Å². The van der Waals surface area contributed by atoms with E-state index in [4.69, 9.17) is 0 Å². The monoisotopic (exact) mass is 407 g/mol. The Balaban J connectivity index is 1.64. The zero-order valence-electron chi connectivity index (χ0n) is 15.7. The molecule has 0 fully saturated rings. The molecule has 0 saturated heterocycles. The van der Waals surface area contributed by atoms with Crippen molar-refractivity contribution >= 4 is 28.9 Å². The smallest absolute Gasteiger partial charge is 0.406 e. The molecular weight excluding hydrogens is 387 g/mol. The van der Waals surface area contributed by atoms with Crippen LogP contribution in [0.3, 0.4) is 0 Å². The average Bonchev–Trinajstić information content (AvgIpc) is 2.61. The lowest BCUT2D eigenvalue weighted by Crippen LogP contribution is -2.36. The normalized spacial score (nSPS) is 13.4. The first-order valence-corrected chi connectivity index (χ1v) is 9.01. The van der Waals surface area contributed by atoms with Crippen LogP contribution in [0.4, 0.5) is 30.2 Å². The summed E-state index contributed by atoms with van der Waals surface area (Å²) in [6.45, 7) is 2.10. The summed E-state index contributed by atoms with van der Waals surface area (Å²) in [7, 11) is 0. The Labute approximate surface area is 165 Å². The van der Waals surface area contributed by atoms with Gasteiger partial charge in [-0.1, -0.05) is 0 Å². The molecule has 9 heteroatoms. The van der Waals surface area contributed by atoms with E-state index in [1.165, 1.54) is 19.1 Å². The molecule has 2 aromatic rings. The topological polar surface area (TPSA) is 70.7 Å². The molecule has 0 unspecified atom stereocenters. The highest BCUT2D eigenvalue weighted by atomic mass is 19.4. The third-order valence-electron chi connectivity index (χ3n) is 4.32. The van der Waals surface area contributed by atoms with E-state index in [1.54, 1.807) is 30.3 Å². The summed E-state index contributed by atoms with van der Waals surface area (Å²) in [4.78, 5) is 25.3. The van der Waals surface area contributed by atoms with E-state index in [-0.39, 0.29) is 24.1 Å². The van der Waals surface area contributed by atoms with Gasteiger partial charge in [-0.25, -0.2) is 0 Å². The average molecular weight is 407 g/mol. The summed E-state index contributed by atoms with van der Waals surface area (Å²) in [6.07, 6.45) is -3.40. The lowest BCUT2D eigenvalue weighted by Gasteiger charge is -2.31. The summed E-state index contributed by atoms with van der Waals surface area (Å²) in [6, 6.07) is 10.9. The first-order chi connectivity index (χ1) is 13.7. The van der Waals surface area contributed by atoms with Crippen LogP contribution in [0.1, 0.15) is 18.9 Å². The van der Waals surface area contributed by atoms with Crippen LogP contribution in [0.5, 0.6) is 5.75 Å². The third kappa shape index (κ3) is 5.87. The maximum Gasteiger partial charge on any atom is 0.573 e. The highest BCUT2D eigenvalue weighted by Crippen LogP contribution is 2.32. The summed E-state index contributed by atoms with van der Waals surface area (Å²) in [5.41, 5.74) is 2.64. The van der Waals surface area contributed by atoms with Crippen LogP contribution in [-0.4, -0.2) is 31.3 Å². The number of carbonyl (C=O) groups excluding carboxylic acids is 2. The fourth-order valence-corrected chi connectivity index (χ4v) is 3.23. The number of nitrogens with one attached hydrogen (secondary N) is 2. The molecule has 2 aromatic carbocycles. The van der Waals surface area contributed by atoms with E-state index >= 15 is 0 Å². The Hall–Kier alpha value is -3.23. The van der Waals surface area contributed by atoms with Gasteiger partial charge in [0.05, 0.1) is 6.54 Å². The van der Waals surface area contributed by atoms with Gasteiger partial charge in [0, 0.05) is 30.5 Å². The zero-order valence-corrected chi connectivity index (χ0v) is 15.7. The van der Waals surface area contributed by atoms with Gasteiger partial charge in [0.1, 0.15) is 5.75 Å².